The second kappa shape index (κ2) is 7.46. The van der Waals surface area contributed by atoms with E-state index in [1.54, 1.807) is 6.08 Å². The van der Waals surface area contributed by atoms with Gasteiger partial charge in [-0.15, -0.1) is 0 Å². The Labute approximate surface area is 159 Å². The normalized spacial score (nSPS) is 19.6. The molecule has 1 heterocycles. The average molecular weight is 352 g/mol. The minimum absolute atomic E-state index is 0.0571. The molecular formula is C25H20O2. The zero-order valence-electron chi connectivity index (χ0n) is 14.9. The van der Waals surface area contributed by atoms with E-state index in [-0.39, 0.29) is 12.2 Å². The third kappa shape index (κ3) is 3.75. The van der Waals surface area contributed by atoms with E-state index >= 15 is 0 Å². The van der Waals surface area contributed by atoms with Crippen LogP contribution in [0.2, 0.25) is 0 Å². The second-order valence-electron chi connectivity index (χ2n) is 6.62. The highest BCUT2D eigenvalue weighted by Crippen LogP contribution is 2.40. The van der Waals surface area contributed by atoms with Crippen LogP contribution < -0.4 is 0 Å². The Morgan fingerprint density at radius 2 is 1.37 bits per heavy atom. The van der Waals surface area contributed by atoms with Gasteiger partial charge >= 0.3 is 0 Å². The number of carbonyl (C=O) groups excluding carboxylic acids is 1. The quantitative estimate of drug-likeness (QED) is 0.609. The molecule has 0 saturated heterocycles. The molecule has 4 rings (SSSR count). The van der Waals surface area contributed by atoms with E-state index in [2.05, 4.69) is 0 Å². The van der Waals surface area contributed by atoms with Crippen molar-refractivity contribution in [3.63, 3.8) is 0 Å². The van der Waals surface area contributed by atoms with Gasteiger partial charge in [-0.25, -0.2) is 0 Å². The van der Waals surface area contributed by atoms with E-state index in [9.17, 15) is 4.79 Å². The summed E-state index contributed by atoms with van der Waals surface area (Å²) in [5.41, 5.74) is 2.11. The molecule has 1 atom stereocenters. The molecule has 2 nitrogen and oxygen atoms in total. The molecule has 132 valence electrons. The van der Waals surface area contributed by atoms with Crippen LogP contribution in [-0.2, 0) is 15.1 Å². The van der Waals surface area contributed by atoms with E-state index in [0.717, 1.165) is 16.7 Å². The first kappa shape index (κ1) is 17.0. The molecule has 0 aromatic heterocycles. The van der Waals surface area contributed by atoms with Crippen LogP contribution in [0.15, 0.2) is 103 Å². The van der Waals surface area contributed by atoms with Crippen molar-refractivity contribution in [2.24, 2.45) is 0 Å². The molecule has 0 saturated carbocycles. The molecule has 0 aliphatic carbocycles. The maximum atomic E-state index is 12.7. The Morgan fingerprint density at radius 1 is 0.778 bits per heavy atom. The predicted octanol–water partition coefficient (Wildman–Crippen LogP) is 5.63. The first-order valence-electron chi connectivity index (χ1n) is 9.04. The molecule has 2 heteroatoms. The Kier molecular flexibility index (Phi) is 4.71. The molecule has 1 aliphatic heterocycles. The lowest BCUT2D eigenvalue weighted by molar-refractivity contribution is -0.119. The largest absolute Gasteiger partial charge is 0.477 e. The molecule has 0 spiro atoms. The summed E-state index contributed by atoms with van der Waals surface area (Å²) < 4.78 is 6.49. The summed E-state index contributed by atoms with van der Waals surface area (Å²) in [6, 6.07) is 29.8. The van der Waals surface area contributed by atoms with Crippen LogP contribution in [0.25, 0.3) is 11.8 Å². The molecule has 3 aromatic carbocycles. The highest BCUT2D eigenvalue weighted by atomic mass is 16.5. The first-order chi connectivity index (χ1) is 13.3. The third-order valence-corrected chi connectivity index (χ3v) is 4.69. The van der Waals surface area contributed by atoms with Crippen molar-refractivity contribution in [2.75, 3.05) is 0 Å². The minimum atomic E-state index is -0.825. The lowest BCUT2D eigenvalue weighted by Crippen LogP contribution is -2.33. The summed E-state index contributed by atoms with van der Waals surface area (Å²) in [4.78, 5) is 12.7. The maximum Gasteiger partial charge on any atom is 0.164 e. The molecule has 0 N–H and O–H groups in total. The summed E-state index contributed by atoms with van der Waals surface area (Å²) >= 11 is 0. The van der Waals surface area contributed by atoms with E-state index < -0.39 is 5.60 Å². The summed E-state index contributed by atoms with van der Waals surface area (Å²) in [5, 5.41) is 0. The van der Waals surface area contributed by atoms with Gasteiger partial charge in [0.2, 0.25) is 0 Å². The SMILES string of the molecule is O=C1C=C(c2ccccc2)O[C@@](/C=C/c2ccccc2)(c2ccccc2)C1. The Balaban J connectivity index is 1.78. The molecule has 0 unspecified atom stereocenters. The van der Waals surface area contributed by atoms with Crippen LogP contribution >= 0.6 is 0 Å². The second-order valence-corrected chi connectivity index (χ2v) is 6.62. The fourth-order valence-electron chi connectivity index (χ4n) is 3.33. The minimum Gasteiger partial charge on any atom is -0.477 e. The van der Waals surface area contributed by atoms with Crippen molar-refractivity contribution in [2.45, 2.75) is 12.0 Å². The van der Waals surface area contributed by atoms with Crippen LogP contribution in [0.3, 0.4) is 0 Å². The van der Waals surface area contributed by atoms with Gasteiger partial charge in [0.1, 0.15) is 5.76 Å². The van der Waals surface area contributed by atoms with Gasteiger partial charge in [-0.3, -0.25) is 4.79 Å². The molecule has 0 amide bonds. The van der Waals surface area contributed by atoms with Crippen LogP contribution in [0.5, 0.6) is 0 Å². The van der Waals surface area contributed by atoms with Gasteiger partial charge in [-0.1, -0.05) is 97.1 Å². The Hall–Kier alpha value is -3.39. The zero-order chi connectivity index (χ0) is 18.5. The number of benzene rings is 3. The van der Waals surface area contributed by atoms with Crippen molar-refractivity contribution >= 4 is 17.6 Å². The molecule has 27 heavy (non-hydrogen) atoms. The van der Waals surface area contributed by atoms with Gasteiger partial charge in [0.05, 0.1) is 6.42 Å². The van der Waals surface area contributed by atoms with Gasteiger partial charge in [0.25, 0.3) is 0 Å². The highest BCUT2D eigenvalue weighted by Gasteiger charge is 2.38. The number of hydrogen-bond donors (Lipinski definition) is 0. The van der Waals surface area contributed by atoms with Gasteiger partial charge < -0.3 is 4.74 Å². The van der Waals surface area contributed by atoms with Gasteiger partial charge in [-0.05, 0) is 17.2 Å². The van der Waals surface area contributed by atoms with Crippen molar-refractivity contribution in [1.82, 2.24) is 0 Å². The lowest BCUT2D eigenvalue weighted by Gasteiger charge is -2.35. The summed E-state index contributed by atoms with van der Waals surface area (Å²) in [7, 11) is 0. The number of rotatable bonds is 4. The number of ketones is 1. The number of allylic oxidation sites excluding steroid dienone is 1. The summed E-state index contributed by atoms with van der Waals surface area (Å²) in [5.74, 6) is 0.662. The summed E-state index contributed by atoms with van der Waals surface area (Å²) in [6.45, 7) is 0. The van der Waals surface area contributed by atoms with Crippen molar-refractivity contribution in [1.29, 1.82) is 0 Å². The summed E-state index contributed by atoms with van der Waals surface area (Å²) in [6.07, 6.45) is 5.91. The topological polar surface area (TPSA) is 26.3 Å². The molecule has 0 fully saturated rings. The molecule has 0 radical (unpaired) electrons. The Bertz CT molecular complexity index is 973. The van der Waals surface area contributed by atoms with Crippen molar-refractivity contribution in [3.8, 4) is 0 Å². The monoisotopic (exact) mass is 352 g/mol. The number of hydrogen-bond acceptors (Lipinski definition) is 2. The van der Waals surface area contributed by atoms with Gasteiger partial charge in [0, 0.05) is 11.6 Å². The number of ether oxygens (including phenoxy) is 1. The van der Waals surface area contributed by atoms with E-state index in [0.29, 0.717) is 5.76 Å². The lowest BCUT2D eigenvalue weighted by atomic mass is 9.85. The van der Waals surface area contributed by atoms with E-state index in [4.69, 9.17) is 4.74 Å². The van der Waals surface area contributed by atoms with Crippen LogP contribution in [0, 0.1) is 0 Å². The molecule has 1 aliphatic rings. The van der Waals surface area contributed by atoms with E-state index in [1.807, 2.05) is 103 Å². The van der Waals surface area contributed by atoms with Crippen LogP contribution in [-0.4, -0.2) is 5.78 Å². The fraction of sp³-hybridized carbons (Fsp3) is 0.0800. The predicted molar refractivity (Wildman–Crippen MR) is 109 cm³/mol. The Morgan fingerprint density at radius 3 is 2.04 bits per heavy atom. The van der Waals surface area contributed by atoms with Crippen LogP contribution in [0.1, 0.15) is 23.1 Å². The van der Waals surface area contributed by atoms with Crippen molar-refractivity contribution < 1.29 is 9.53 Å². The first-order valence-corrected chi connectivity index (χ1v) is 9.04. The van der Waals surface area contributed by atoms with Crippen molar-refractivity contribution in [3.05, 3.63) is 120 Å². The smallest absolute Gasteiger partial charge is 0.164 e. The zero-order valence-corrected chi connectivity index (χ0v) is 14.9. The fourth-order valence-corrected chi connectivity index (χ4v) is 3.33. The molecular weight excluding hydrogens is 332 g/mol. The number of carbonyl (C=O) groups is 1. The maximum absolute atomic E-state index is 12.7. The third-order valence-electron chi connectivity index (χ3n) is 4.69. The van der Waals surface area contributed by atoms with Crippen LogP contribution in [0.4, 0.5) is 0 Å². The van der Waals surface area contributed by atoms with Gasteiger partial charge in [-0.2, -0.15) is 0 Å². The molecule has 0 bridgehead atoms. The highest BCUT2D eigenvalue weighted by molar-refractivity contribution is 5.98. The van der Waals surface area contributed by atoms with Gasteiger partial charge in [0.15, 0.2) is 11.4 Å². The standard InChI is InChI=1S/C25H20O2/c26-23-18-24(21-12-6-2-7-13-21)27-25(19-23,22-14-8-3-9-15-22)17-16-20-10-4-1-5-11-20/h1-18H,19H2/b17-16+/t25-/m1/s1. The van der Waals surface area contributed by atoms with E-state index in [1.165, 1.54) is 0 Å². The molecule has 3 aromatic rings. The average Bonchev–Trinajstić information content (AvgIpc) is 2.74.